The quantitative estimate of drug-likeness (QED) is 0.864. The summed E-state index contributed by atoms with van der Waals surface area (Å²) in [6.07, 6.45) is 3.33. The molecule has 102 valence electrons. The van der Waals surface area contributed by atoms with Gasteiger partial charge in [-0.2, -0.15) is 0 Å². The molecule has 1 aromatic rings. The van der Waals surface area contributed by atoms with Crippen LogP contribution in [0.15, 0.2) is 24.5 Å². The summed E-state index contributed by atoms with van der Waals surface area (Å²) in [6, 6.07) is 3.51. The zero-order chi connectivity index (χ0) is 14.2. The highest BCUT2D eigenvalue weighted by Gasteiger charge is 2.65. The first-order valence-electron chi connectivity index (χ1n) is 6.29. The van der Waals surface area contributed by atoms with Gasteiger partial charge in [0.25, 0.3) is 0 Å². The van der Waals surface area contributed by atoms with E-state index in [9.17, 15) is 9.59 Å². The minimum Gasteiger partial charge on any atom is -0.481 e. The zero-order valence-electron chi connectivity index (χ0n) is 11.3. The molecule has 0 aromatic carbocycles. The molecule has 0 radical (unpaired) electrons. The van der Waals surface area contributed by atoms with Crippen LogP contribution in [0.4, 0.5) is 0 Å². The smallest absolute Gasteiger partial charge is 0.307 e. The lowest BCUT2D eigenvalue weighted by molar-refractivity contribution is -0.140. The Bertz CT molecular complexity index is 499. The Kier molecular flexibility index (Phi) is 3.30. The van der Waals surface area contributed by atoms with Gasteiger partial charge in [-0.05, 0) is 30.0 Å². The summed E-state index contributed by atoms with van der Waals surface area (Å²) in [5.41, 5.74) is 0.488. The number of pyridine rings is 1. The monoisotopic (exact) mass is 262 g/mol. The van der Waals surface area contributed by atoms with Crippen LogP contribution >= 0.6 is 0 Å². The van der Waals surface area contributed by atoms with Crippen molar-refractivity contribution >= 4 is 11.9 Å². The van der Waals surface area contributed by atoms with Crippen molar-refractivity contribution in [2.45, 2.75) is 26.8 Å². The lowest BCUT2D eigenvalue weighted by Gasteiger charge is -2.14. The molecule has 3 unspecified atom stereocenters. The van der Waals surface area contributed by atoms with E-state index >= 15 is 0 Å². The molecule has 2 rings (SSSR count). The number of carbonyl (C=O) groups excluding carboxylic acids is 1. The third-order valence-corrected chi connectivity index (χ3v) is 3.94. The molecule has 1 aromatic heterocycles. The third-order valence-electron chi connectivity index (χ3n) is 3.94. The van der Waals surface area contributed by atoms with E-state index in [1.165, 1.54) is 0 Å². The predicted molar refractivity (Wildman–Crippen MR) is 69.2 cm³/mol. The number of amides is 1. The number of carboxylic acid groups (broad SMARTS) is 1. The van der Waals surface area contributed by atoms with Crippen LogP contribution in [0.25, 0.3) is 0 Å². The molecule has 1 aliphatic rings. The maximum atomic E-state index is 12.1. The zero-order valence-corrected chi connectivity index (χ0v) is 11.3. The second kappa shape index (κ2) is 4.64. The largest absolute Gasteiger partial charge is 0.481 e. The van der Waals surface area contributed by atoms with Gasteiger partial charge in [0, 0.05) is 12.4 Å². The Morgan fingerprint density at radius 3 is 2.37 bits per heavy atom. The van der Waals surface area contributed by atoms with Crippen LogP contribution in [0.3, 0.4) is 0 Å². The van der Waals surface area contributed by atoms with E-state index in [2.05, 4.69) is 10.3 Å². The molecule has 1 saturated carbocycles. The summed E-state index contributed by atoms with van der Waals surface area (Å²) in [6.45, 7) is 5.50. The number of hydrogen-bond acceptors (Lipinski definition) is 3. The standard InChI is InChI=1S/C14H18N2O3/c1-8(9-4-6-15-7-5-9)16-12(17)10-11(13(18)19)14(10,2)3/h4-8,10-11H,1-3H3,(H,16,17)(H,18,19). The Labute approximate surface area is 112 Å². The summed E-state index contributed by atoms with van der Waals surface area (Å²) in [5.74, 6) is -2.13. The van der Waals surface area contributed by atoms with Crippen LogP contribution in [-0.4, -0.2) is 22.0 Å². The maximum absolute atomic E-state index is 12.1. The van der Waals surface area contributed by atoms with Crippen molar-refractivity contribution in [3.05, 3.63) is 30.1 Å². The summed E-state index contributed by atoms with van der Waals surface area (Å²) in [5, 5.41) is 11.9. The third kappa shape index (κ3) is 2.45. The van der Waals surface area contributed by atoms with Crippen molar-refractivity contribution < 1.29 is 14.7 Å². The molecule has 1 heterocycles. The molecule has 1 amide bonds. The highest BCUT2D eigenvalue weighted by molar-refractivity contribution is 5.91. The average Bonchev–Trinajstić information content (AvgIpc) is 2.93. The summed E-state index contributed by atoms with van der Waals surface area (Å²) in [7, 11) is 0. The van der Waals surface area contributed by atoms with Crippen molar-refractivity contribution in [2.24, 2.45) is 17.3 Å². The topological polar surface area (TPSA) is 79.3 Å². The molecule has 0 saturated heterocycles. The molecule has 0 bridgehead atoms. The van der Waals surface area contributed by atoms with E-state index < -0.39 is 23.2 Å². The Morgan fingerprint density at radius 1 is 1.32 bits per heavy atom. The van der Waals surface area contributed by atoms with Gasteiger partial charge in [0.05, 0.1) is 17.9 Å². The maximum Gasteiger partial charge on any atom is 0.307 e. The van der Waals surface area contributed by atoms with Crippen LogP contribution in [-0.2, 0) is 9.59 Å². The van der Waals surface area contributed by atoms with Gasteiger partial charge in [0.15, 0.2) is 0 Å². The number of aromatic nitrogens is 1. The molecule has 5 heteroatoms. The number of carbonyl (C=O) groups is 2. The van der Waals surface area contributed by atoms with Gasteiger partial charge in [-0.15, -0.1) is 0 Å². The van der Waals surface area contributed by atoms with Crippen molar-refractivity contribution in [3.63, 3.8) is 0 Å². The fraction of sp³-hybridized carbons (Fsp3) is 0.500. The van der Waals surface area contributed by atoms with Crippen molar-refractivity contribution in [2.75, 3.05) is 0 Å². The van der Waals surface area contributed by atoms with E-state index in [1.54, 1.807) is 12.4 Å². The molecule has 3 atom stereocenters. The first kappa shape index (κ1) is 13.5. The SMILES string of the molecule is CC(NC(=O)C1C(C(=O)O)C1(C)C)c1ccncc1. The van der Waals surface area contributed by atoms with Crippen LogP contribution in [0.5, 0.6) is 0 Å². The molecule has 1 fully saturated rings. The summed E-state index contributed by atoms with van der Waals surface area (Å²) >= 11 is 0. The van der Waals surface area contributed by atoms with Gasteiger partial charge in [-0.1, -0.05) is 13.8 Å². The van der Waals surface area contributed by atoms with Gasteiger partial charge in [0.2, 0.25) is 5.91 Å². The van der Waals surface area contributed by atoms with Gasteiger partial charge >= 0.3 is 5.97 Å². The minimum absolute atomic E-state index is 0.152. The lowest BCUT2D eigenvalue weighted by atomic mass is 10.1. The molecule has 0 aliphatic heterocycles. The molecule has 19 heavy (non-hydrogen) atoms. The van der Waals surface area contributed by atoms with Crippen LogP contribution in [0.1, 0.15) is 32.4 Å². The van der Waals surface area contributed by atoms with E-state index in [4.69, 9.17) is 5.11 Å². The predicted octanol–water partition coefficient (Wildman–Crippen LogP) is 1.62. The van der Waals surface area contributed by atoms with E-state index in [-0.39, 0.29) is 11.9 Å². The number of carboxylic acids is 1. The number of rotatable bonds is 4. The van der Waals surface area contributed by atoms with E-state index in [1.807, 2.05) is 32.9 Å². The van der Waals surface area contributed by atoms with Crippen LogP contribution < -0.4 is 5.32 Å². The second-order valence-corrected chi connectivity index (χ2v) is 5.63. The molecule has 2 N–H and O–H groups in total. The van der Waals surface area contributed by atoms with Crippen molar-refractivity contribution in [1.82, 2.24) is 10.3 Å². The van der Waals surface area contributed by atoms with Gasteiger partial charge in [-0.25, -0.2) is 0 Å². The lowest BCUT2D eigenvalue weighted by Crippen LogP contribution is -2.30. The van der Waals surface area contributed by atoms with Crippen molar-refractivity contribution in [3.8, 4) is 0 Å². The average molecular weight is 262 g/mol. The van der Waals surface area contributed by atoms with E-state index in [0.717, 1.165) is 5.56 Å². The van der Waals surface area contributed by atoms with Crippen LogP contribution in [0, 0.1) is 17.3 Å². The first-order chi connectivity index (χ1) is 8.85. The highest BCUT2D eigenvalue weighted by Crippen LogP contribution is 2.58. The number of hydrogen-bond donors (Lipinski definition) is 2. The normalized spacial score (nSPS) is 25.4. The molecule has 0 spiro atoms. The minimum atomic E-state index is -0.901. The Morgan fingerprint density at radius 2 is 1.89 bits per heavy atom. The number of nitrogens with zero attached hydrogens (tertiary/aromatic N) is 1. The number of nitrogens with one attached hydrogen (secondary N) is 1. The molecular formula is C14H18N2O3. The fourth-order valence-electron chi connectivity index (χ4n) is 2.63. The molecule has 5 nitrogen and oxygen atoms in total. The van der Waals surface area contributed by atoms with Crippen molar-refractivity contribution in [1.29, 1.82) is 0 Å². The molecule has 1 aliphatic carbocycles. The fourth-order valence-corrected chi connectivity index (χ4v) is 2.63. The summed E-state index contributed by atoms with van der Waals surface area (Å²) < 4.78 is 0. The second-order valence-electron chi connectivity index (χ2n) is 5.63. The van der Waals surface area contributed by atoms with Gasteiger partial charge in [0.1, 0.15) is 0 Å². The highest BCUT2D eigenvalue weighted by atomic mass is 16.4. The Balaban J connectivity index is 2.02. The molecular weight excluding hydrogens is 244 g/mol. The van der Waals surface area contributed by atoms with Gasteiger partial charge in [-0.3, -0.25) is 14.6 Å². The summed E-state index contributed by atoms with van der Waals surface area (Å²) in [4.78, 5) is 27.1. The first-order valence-corrected chi connectivity index (χ1v) is 6.29. The Hall–Kier alpha value is -1.91. The number of aliphatic carboxylic acids is 1. The van der Waals surface area contributed by atoms with E-state index in [0.29, 0.717) is 0 Å². The van der Waals surface area contributed by atoms with Crippen LogP contribution in [0.2, 0.25) is 0 Å². The van der Waals surface area contributed by atoms with Gasteiger partial charge < -0.3 is 10.4 Å².